The summed E-state index contributed by atoms with van der Waals surface area (Å²) >= 11 is 0. The second-order valence-electron chi connectivity index (χ2n) is 3.97. The molecule has 2 aromatic rings. The van der Waals surface area contributed by atoms with Crippen molar-refractivity contribution in [3.8, 4) is 12.3 Å². The highest BCUT2D eigenvalue weighted by Crippen LogP contribution is 2.15. The van der Waals surface area contributed by atoms with Crippen molar-refractivity contribution in [2.24, 2.45) is 0 Å². The Bertz CT molecular complexity index is 515. The Balaban J connectivity index is 2.32. The maximum Gasteiger partial charge on any atom is 0.0280 e. The van der Waals surface area contributed by atoms with Gasteiger partial charge in [-0.15, -0.1) is 6.42 Å². The van der Waals surface area contributed by atoms with Crippen molar-refractivity contribution in [3.05, 3.63) is 70.8 Å². The molecular weight excluding hydrogens is 192 g/mol. The van der Waals surface area contributed by atoms with Crippen molar-refractivity contribution in [2.75, 3.05) is 0 Å². The Hall–Kier alpha value is -2.00. The Morgan fingerprint density at radius 3 is 2.50 bits per heavy atom. The van der Waals surface area contributed by atoms with E-state index in [-0.39, 0.29) is 0 Å². The van der Waals surface area contributed by atoms with Gasteiger partial charge in [0.15, 0.2) is 0 Å². The van der Waals surface area contributed by atoms with E-state index in [1.165, 1.54) is 16.7 Å². The molecule has 0 atom stereocenters. The largest absolute Gasteiger partial charge is 0.115 e. The maximum absolute atomic E-state index is 5.52. The van der Waals surface area contributed by atoms with Crippen molar-refractivity contribution in [1.29, 1.82) is 0 Å². The van der Waals surface area contributed by atoms with Crippen LogP contribution in [0.1, 0.15) is 22.3 Å². The van der Waals surface area contributed by atoms with E-state index in [1.54, 1.807) is 0 Å². The number of rotatable bonds is 2. The van der Waals surface area contributed by atoms with Crippen LogP contribution in [0.3, 0.4) is 0 Å². The first-order chi connectivity index (χ1) is 7.79. The van der Waals surface area contributed by atoms with E-state index in [2.05, 4.69) is 55.3 Å². The molecule has 0 amide bonds. The minimum atomic E-state index is 0.903. The average Bonchev–Trinajstić information content (AvgIpc) is 2.33. The Morgan fingerprint density at radius 2 is 1.81 bits per heavy atom. The molecule has 0 N–H and O–H groups in total. The average molecular weight is 206 g/mol. The fourth-order valence-corrected chi connectivity index (χ4v) is 1.79. The molecule has 0 nitrogen and oxygen atoms in total. The standard InChI is InChI=1S/C16H14/c1-3-15-11-13(2)9-10-16(15)12-14-7-5-4-6-8-14/h1,4-11H,12H2,2H3. The van der Waals surface area contributed by atoms with Crippen LogP contribution in [0.15, 0.2) is 48.5 Å². The van der Waals surface area contributed by atoms with Crippen LogP contribution in [0.4, 0.5) is 0 Å². The normalized spacial score (nSPS) is 9.75. The molecule has 16 heavy (non-hydrogen) atoms. The number of hydrogen-bond acceptors (Lipinski definition) is 0. The lowest BCUT2D eigenvalue weighted by atomic mass is 9.98. The Labute approximate surface area is 96.9 Å². The van der Waals surface area contributed by atoms with E-state index < -0.39 is 0 Å². The van der Waals surface area contributed by atoms with Crippen LogP contribution in [0.2, 0.25) is 0 Å². The summed E-state index contributed by atoms with van der Waals surface area (Å²) in [5.74, 6) is 2.76. The molecule has 0 unspecified atom stereocenters. The summed E-state index contributed by atoms with van der Waals surface area (Å²) in [5, 5.41) is 0. The quantitative estimate of drug-likeness (QED) is 0.659. The van der Waals surface area contributed by atoms with Crippen LogP contribution in [0.25, 0.3) is 0 Å². The SMILES string of the molecule is C#Cc1cc(C)ccc1Cc1ccccc1. The summed E-state index contributed by atoms with van der Waals surface area (Å²) in [6.07, 6.45) is 6.43. The zero-order chi connectivity index (χ0) is 11.4. The maximum atomic E-state index is 5.52. The minimum absolute atomic E-state index is 0.903. The summed E-state index contributed by atoms with van der Waals surface area (Å²) in [7, 11) is 0. The van der Waals surface area contributed by atoms with Crippen molar-refractivity contribution in [2.45, 2.75) is 13.3 Å². The van der Waals surface area contributed by atoms with Gasteiger partial charge in [0.25, 0.3) is 0 Å². The minimum Gasteiger partial charge on any atom is -0.115 e. The third-order valence-electron chi connectivity index (χ3n) is 2.66. The van der Waals surface area contributed by atoms with Crippen LogP contribution >= 0.6 is 0 Å². The third kappa shape index (κ3) is 2.32. The smallest absolute Gasteiger partial charge is 0.0280 e. The monoisotopic (exact) mass is 206 g/mol. The molecule has 0 saturated heterocycles. The van der Waals surface area contributed by atoms with Gasteiger partial charge in [-0.25, -0.2) is 0 Å². The second-order valence-corrected chi connectivity index (χ2v) is 3.97. The molecule has 0 aliphatic carbocycles. The van der Waals surface area contributed by atoms with Gasteiger partial charge in [-0.2, -0.15) is 0 Å². The van der Waals surface area contributed by atoms with Gasteiger partial charge in [0.2, 0.25) is 0 Å². The molecule has 0 heteroatoms. The van der Waals surface area contributed by atoms with Gasteiger partial charge < -0.3 is 0 Å². The first kappa shape index (κ1) is 10.5. The van der Waals surface area contributed by atoms with E-state index in [1.807, 2.05) is 6.07 Å². The molecular formula is C16H14. The van der Waals surface area contributed by atoms with Crippen molar-refractivity contribution in [1.82, 2.24) is 0 Å². The zero-order valence-corrected chi connectivity index (χ0v) is 9.40. The molecule has 0 bridgehead atoms. The van der Waals surface area contributed by atoms with Crippen LogP contribution in [-0.2, 0) is 6.42 Å². The lowest BCUT2D eigenvalue weighted by molar-refractivity contribution is 1.18. The highest BCUT2D eigenvalue weighted by Gasteiger charge is 2.01. The molecule has 0 aliphatic rings. The predicted molar refractivity (Wildman–Crippen MR) is 68.4 cm³/mol. The van der Waals surface area contributed by atoms with Gasteiger partial charge in [-0.3, -0.25) is 0 Å². The van der Waals surface area contributed by atoms with Crippen molar-refractivity contribution in [3.63, 3.8) is 0 Å². The lowest BCUT2D eigenvalue weighted by Crippen LogP contribution is -1.92. The third-order valence-corrected chi connectivity index (χ3v) is 2.66. The van der Waals surface area contributed by atoms with E-state index in [0.717, 1.165) is 12.0 Å². The van der Waals surface area contributed by atoms with Crippen molar-refractivity contribution >= 4 is 0 Å². The summed E-state index contributed by atoms with van der Waals surface area (Å²) in [4.78, 5) is 0. The molecule has 0 heterocycles. The Morgan fingerprint density at radius 1 is 1.06 bits per heavy atom. The van der Waals surface area contributed by atoms with Gasteiger partial charge in [0.05, 0.1) is 0 Å². The lowest BCUT2D eigenvalue weighted by Gasteiger charge is -2.06. The zero-order valence-electron chi connectivity index (χ0n) is 9.40. The first-order valence-corrected chi connectivity index (χ1v) is 5.39. The topological polar surface area (TPSA) is 0 Å². The van der Waals surface area contributed by atoms with E-state index >= 15 is 0 Å². The molecule has 0 saturated carbocycles. The highest BCUT2D eigenvalue weighted by molar-refractivity contribution is 5.44. The highest BCUT2D eigenvalue weighted by atomic mass is 14.0. The molecule has 2 aromatic carbocycles. The van der Waals surface area contributed by atoms with Gasteiger partial charge in [-0.05, 0) is 36.1 Å². The molecule has 2 rings (SSSR count). The fraction of sp³-hybridized carbons (Fsp3) is 0.125. The second kappa shape index (κ2) is 4.68. The van der Waals surface area contributed by atoms with Gasteiger partial charge >= 0.3 is 0 Å². The fourth-order valence-electron chi connectivity index (χ4n) is 1.79. The van der Waals surface area contributed by atoms with Crippen LogP contribution < -0.4 is 0 Å². The molecule has 0 spiro atoms. The van der Waals surface area contributed by atoms with Gasteiger partial charge in [0.1, 0.15) is 0 Å². The summed E-state index contributed by atoms with van der Waals surface area (Å²) in [6.45, 7) is 2.06. The first-order valence-electron chi connectivity index (χ1n) is 5.39. The van der Waals surface area contributed by atoms with Crippen molar-refractivity contribution < 1.29 is 0 Å². The van der Waals surface area contributed by atoms with Crippen LogP contribution in [0, 0.1) is 19.3 Å². The van der Waals surface area contributed by atoms with Crippen LogP contribution in [0.5, 0.6) is 0 Å². The molecule has 78 valence electrons. The number of aryl methyl sites for hydroxylation is 1. The number of terminal acetylenes is 1. The van der Waals surface area contributed by atoms with E-state index in [9.17, 15) is 0 Å². The summed E-state index contributed by atoms with van der Waals surface area (Å²) < 4.78 is 0. The number of benzene rings is 2. The van der Waals surface area contributed by atoms with Gasteiger partial charge in [-0.1, -0.05) is 48.4 Å². The van der Waals surface area contributed by atoms with E-state index in [0.29, 0.717) is 0 Å². The molecule has 0 fully saturated rings. The van der Waals surface area contributed by atoms with Gasteiger partial charge in [0, 0.05) is 5.56 Å². The summed E-state index contributed by atoms with van der Waals surface area (Å²) in [5.41, 5.74) is 4.73. The number of hydrogen-bond donors (Lipinski definition) is 0. The molecule has 0 aliphatic heterocycles. The predicted octanol–water partition coefficient (Wildman–Crippen LogP) is 3.57. The van der Waals surface area contributed by atoms with E-state index in [4.69, 9.17) is 6.42 Å². The molecule has 0 radical (unpaired) electrons. The summed E-state index contributed by atoms with van der Waals surface area (Å²) in [6, 6.07) is 16.7. The Kier molecular flexibility index (Phi) is 3.08. The van der Waals surface area contributed by atoms with Crippen LogP contribution in [-0.4, -0.2) is 0 Å². The molecule has 0 aromatic heterocycles.